The van der Waals surface area contributed by atoms with Gasteiger partial charge in [-0.25, -0.2) is 4.79 Å². The van der Waals surface area contributed by atoms with Crippen molar-refractivity contribution >= 4 is 45.6 Å². The minimum Gasteiger partial charge on any atom is -0.465 e. The second kappa shape index (κ2) is 12.3. The van der Waals surface area contributed by atoms with E-state index in [1.807, 2.05) is 31.2 Å². The molecule has 2 aliphatic carbocycles. The summed E-state index contributed by atoms with van der Waals surface area (Å²) in [5, 5.41) is 0. The summed E-state index contributed by atoms with van der Waals surface area (Å²) in [5.74, 6) is 1.24. The maximum absolute atomic E-state index is 13.8. The molecule has 0 aliphatic heterocycles. The van der Waals surface area contributed by atoms with E-state index >= 15 is 0 Å². The Kier molecular flexibility index (Phi) is 8.63. The van der Waals surface area contributed by atoms with E-state index in [1.165, 1.54) is 18.4 Å². The fourth-order valence-corrected chi connectivity index (χ4v) is 6.53. The molecule has 1 saturated carbocycles. The molecule has 0 aromatic carbocycles. The van der Waals surface area contributed by atoms with Crippen LogP contribution in [0.4, 0.5) is 5.69 Å². The number of nitrogens with zero attached hydrogens (tertiary/aromatic N) is 2. The van der Waals surface area contributed by atoms with Crippen LogP contribution in [-0.2, 0) is 14.3 Å². The number of allylic oxidation sites excluding steroid dienone is 4. The minimum absolute atomic E-state index is 0.0375. The fourth-order valence-electron chi connectivity index (χ4n) is 5.43. The number of hydrogen-bond acceptors (Lipinski definition) is 7. The third kappa shape index (κ3) is 6.02. The predicted molar refractivity (Wildman–Crippen MR) is 154 cm³/mol. The Hall–Kier alpha value is -3.23. The summed E-state index contributed by atoms with van der Waals surface area (Å²) in [6.07, 6.45) is 12.7. The summed E-state index contributed by atoms with van der Waals surface area (Å²) in [6.45, 7) is 5.56. The Morgan fingerprint density at radius 1 is 1.21 bits per heavy atom. The molecular formula is C31H36N2O5S. The van der Waals surface area contributed by atoms with Crippen molar-refractivity contribution in [1.29, 1.82) is 0 Å². The average Bonchev–Trinajstić information content (AvgIpc) is 3.60. The number of pyridine rings is 1. The van der Waals surface area contributed by atoms with Gasteiger partial charge in [0.2, 0.25) is 5.91 Å². The highest BCUT2D eigenvalue weighted by Gasteiger charge is 2.32. The Labute approximate surface area is 233 Å². The molecule has 1 atom stereocenters. The lowest BCUT2D eigenvalue weighted by atomic mass is 9.82. The van der Waals surface area contributed by atoms with Crippen LogP contribution in [0, 0.1) is 11.8 Å². The van der Waals surface area contributed by atoms with Crippen LogP contribution in [0.1, 0.15) is 72.2 Å². The molecule has 5 rings (SSSR count). The summed E-state index contributed by atoms with van der Waals surface area (Å²) in [4.78, 5) is 34.2. The fraction of sp³-hybridized carbons (Fsp3) is 0.452. The largest absolute Gasteiger partial charge is 0.465 e. The van der Waals surface area contributed by atoms with Gasteiger partial charge in [0.15, 0.2) is 5.58 Å². The standard InChI is InChI=1S/C31H36N2O5S/c1-4-37-17-16-33(30(34)23-9-7-20(2)8-10-23)25-19-28(39-29(25)31(35)36-3)22-13-11-21(12-14-22)27-18-24-26(38-27)6-5-15-32-24/h5-6,11,13-15,18-21,23H,4,7-10,12,16-17H2,1-3H3/t20-,21?,23-. The number of ether oxygens (including phenoxy) is 2. The van der Waals surface area contributed by atoms with E-state index in [2.05, 4.69) is 30.1 Å². The molecule has 3 aromatic rings. The van der Waals surface area contributed by atoms with Crippen LogP contribution in [0.5, 0.6) is 0 Å². The summed E-state index contributed by atoms with van der Waals surface area (Å²) in [5.41, 5.74) is 3.27. The molecule has 0 N–H and O–H groups in total. The first-order valence-electron chi connectivity index (χ1n) is 13.8. The van der Waals surface area contributed by atoms with Crippen LogP contribution in [-0.4, -0.2) is 43.7 Å². The summed E-state index contributed by atoms with van der Waals surface area (Å²) >= 11 is 1.37. The number of esters is 1. The van der Waals surface area contributed by atoms with Crippen LogP contribution in [0.25, 0.3) is 16.7 Å². The minimum atomic E-state index is -0.430. The first-order chi connectivity index (χ1) is 19.0. The molecule has 1 fully saturated rings. The highest BCUT2D eigenvalue weighted by molar-refractivity contribution is 7.15. The van der Waals surface area contributed by atoms with Gasteiger partial charge in [-0.15, -0.1) is 11.3 Å². The topological polar surface area (TPSA) is 81.9 Å². The molecule has 8 heteroatoms. The van der Waals surface area contributed by atoms with Crippen molar-refractivity contribution < 1.29 is 23.5 Å². The van der Waals surface area contributed by atoms with Crippen molar-refractivity contribution in [3.8, 4) is 0 Å². The van der Waals surface area contributed by atoms with Crippen LogP contribution < -0.4 is 4.90 Å². The number of fused-ring (bicyclic) bond motifs is 1. The molecule has 39 heavy (non-hydrogen) atoms. The molecule has 7 nitrogen and oxygen atoms in total. The molecule has 1 unspecified atom stereocenters. The van der Waals surface area contributed by atoms with Gasteiger partial charge in [-0.05, 0) is 68.7 Å². The van der Waals surface area contributed by atoms with E-state index in [4.69, 9.17) is 13.9 Å². The first-order valence-corrected chi connectivity index (χ1v) is 14.6. The maximum atomic E-state index is 13.8. The zero-order valence-corrected chi connectivity index (χ0v) is 23.7. The third-order valence-corrected chi connectivity index (χ3v) is 8.88. The lowest BCUT2D eigenvalue weighted by Gasteiger charge is -2.31. The highest BCUT2D eigenvalue weighted by Crippen LogP contribution is 2.40. The molecule has 0 radical (unpaired) electrons. The Morgan fingerprint density at radius 3 is 2.72 bits per heavy atom. The van der Waals surface area contributed by atoms with Gasteiger partial charge < -0.3 is 18.8 Å². The number of furan rings is 1. The highest BCUT2D eigenvalue weighted by atomic mass is 32.1. The van der Waals surface area contributed by atoms with Crippen molar-refractivity contribution in [2.75, 3.05) is 31.8 Å². The number of methoxy groups -OCH3 is 1. The number of carbonyl (C=O) groups is 2. The molecule has 3 aromatic heterocycles. The molecule has 3 heterocycles. The van der Waals surface area contributed by atoms with Gasteiger partial charge in [0, 0.05) is 42.1 Å². The van der Waals surface area contributed by atoms with Gasteiger partial charge in [-0.3, -0.25) is 9.78 Å². The zero-order valence-electron chi connectivity index (χ0n) is 22.9. The average molecular weight is 549 g/mol. The van der Waals surface area contributed by atoms with Crippen molar-refractivity contribution in [3.05, 3.63) is 64.2 Å². The van der Waals surface area contributed by atoms with Crippen molar-refractivity contribution in [3.63, 3.8) is 0 Å². The number of thiophene rings is 1. The van der Waals surface area contributed by atoms with Crippen LogP contribution in [0.15, 0.2) is 53.1 Å². The van der Waals surface area contributed by atoms with E-state index < -0.39 is 5.97 Å². The number of hydrogen-bond donors (Lipinski definition) is 0. The summed E-state index contributed by atoms with van der Waals surface area (Å²) in [6, 6.07) is 7.76. The molecule has 206 valence electrons. The number of aromatic nitrogens is 1. The SMILES string of the molecule is CCOCCN(c1cc(C2=CCC(c3cc4ncccc4o3)C=C2)sc1C(=O)OC)C(=O)[C@H]1CC[C@H](C)CC1. The van der Waals surface area contributed by atoms with Gasteiger partial charge in [0.1, 0.15) is 16.2 Å². The van der Waals surface area contributed by atoms with E-state index in [1.54, 1.807) is 11.1 Å². The molecule has 0 saturated heterocycles. The van der Waals surface area contributed by atoms with Crippen molar-refractivity contribution in [2.45, 2.75) is 51.9 Å². The monoisotopic (exact) mass is 548 g/mol. The lowest BCUT2D eigenvalue weighted by molar-refractivity contribution is -0.123. The smallest absolute Gasteiger partial charge is 0.350 e. The lowest BCUT2D eigenvalue weighted by Crippen LogP contribution is -2.40. The Bertz CT molecular complexity index is 1350. The maximum Gasteiger partial charge on any atom is 0.350 e. The molecule has 0 bridgehead atoms. The normalized spacial score (nSPS) is 21.1. The van der Waals surface area contributed by atoms with Gasteiger partial charge in [0.25, 0.3) is 0 Å². The van der Waals surface area contributed by atoms with E-state index in [9.17, 15) is 9.59 Å². The molecule has 0 spiro atoms. The third-order valence-electron chi connectivity index (χ3n) is 7.72. The number of anilines is 1. The first kappa shape index (κ1) is 27.3. The van der Waals surface area contributed by atoms with Gasteiger partial charge in [0.05, 0.1) is 19.4 Å². The number of amides is 1. The second-order valence-electron chi connectivity index (χ2n) is 10.4. The Morgan fingerprint density at radius 2 is 2.03 bits per heavy atom. The van der Waals surface area contributed by atoms with Gasteiger partial charge in [-0.2, -0.15) is 0 Å². The second-order valence-corrected chi connectivity index (χ2v) is 11.4. The van der Waals surface area contributed by atoms with Gasteiger partial charge >= 0.3 is 5.97 Å². The predicted octanol–water partition coefficient (Wildman–Crippen LogP) is 7.00. The van der Waals surface area contributed by atoms with E-state index in [0.29, 0.717) is 36.2 Å². The summed E-state index contributed by atoms with van der Waals surface area (Å²) in [7, 11) is 1.38. The number of carbonyl (C=O) groups excluding carboxylic acids is 2. The zero-order chi connectivity index (χ0) is 27.4. The van der Waals surface area contributed by atoms with E-state index in [-0.39, 0.29) is 17.7 Å². The van der Waals surface area contributed by atoms with Crippen LogP contribution >= 0.6 is 11.3 Å². The summed E-state index contributed by atoms with van der Waals surface area (Å²) < 4.78 is 16.8. The van der Waals surface area contributed by atoms with Crippen LogP contribution in [0.3, 0.4) is 0 Å². The molecule has 2 aliphatic rings. The van der Waals surface area contributed by atoms with Crippen molar-refractivity contribution in [1.82, 2.24) is 4.98 Å². The Balaban J connectivity index is 1.41. The van der Waals surface area contributed by atoms with Gasteiger partial charge in [-0.1, -0.05) is 25.2 Å². The number of rotatable bonds is 9. The quantitative estimate of drug-likeness (QED) is 0.212. The molecule has 1 amide bonds. The van der Waals surface area contributed by atoms with E-state index in [0.717, 1.165) is 59.4 Å². The van der Waals surface area contributed by atoms with Crippen molar-refractivity contribution in [2.24, 2.45) is 11.8 Å². The van der Waals surface area contributed by atoms with Crippen LogP contribution in [0.2, 0.25) is 0 Å². The molecular weight excluding hydrogens is 512 g/mol.